The van der Waals surface area contributed by atoms with Crippen LogP contribution in [0.1, 0.15) is 13.8 Å². The third kappa shape index (κ3) is 4.78. The van der Waals surface area contributed by atoms with Gasteiger partial charge in [-0.1, -0.05) is 35.7 Å². The minimum Gasteiger partial charge on any atom is -0.339 e. The molecule has 2 rings (SSSR count). The maximum Gasteiger partial charge on any atom is 0.264 e. The molecule has 0 aromatic heterocycles. The van der Waals surface area contributed by atoms with Crippen LogP contribution in [0.3, 0.4) is 0 Å². The molecule has 0 aliphatic heterocycles. The lowest BCUT2D eigenvalue weighted by molar-refractivity contribution is -0.120. The van der Waals surface area contributed by atoms with Gasteiger partial charge in [-0.15, -0.1) is 6.42 Å². The highest BCUT2D eigenvalue weighted by molar-refractivity contribution is 7.92. The lowest BCUT2D eigenvalue weighted by Crippen LogP contribution is -2.48. The number of hydrogen-bond acceptors (Lipinski definition) is 3. The summed E-state index contributed by atoms with van der Waals surface area (Å²) in [7, 11) is -3.95. The molecular formula is C19H19ClN2O3S. The van der Waals surface area contributed by atoms with E-state index in [2.05, 4.69) is 11.2 Å². The van der Waals surface area contributed by atoms with Crippen LogP contribution in [0.25, 0.3) is 0 Å². The summed E-state index contributed by atoms with van der Waals surface area (Å²) in [5.74, 6) is 1.93. The van der Waals surface area contributed by atoms with Crippen molar-refractivity contribution in [3.63, 3.8) is 0 Å². The van der Waals surface area contributed by atoms with Gasteiger partial charge < -0.3 is 5.32 Å². The number of hydrogen-bond donors (Lipinski definition) is 1. The van der Waals surface area contributed by atoms with Crippen LogP contribution in [-0.2, 0) is 14.8 Å². The zero-order valence-electron chi connectivity index (χ0n) is 14.4. The highest BCUT2D eigenvalue weighted by Gasteiger charge is 2.28. The van der Waals surface area contributed by atoms with Crippen molar-refractivity contribution in [3.8, 4) is 12.3 Å². The molecule has 0 radical (unpaired) electrons. The molecule has 2 aromatic rings. The zero-order valence-corrected chi connectivity index (χ0v) is 16.0. The van der Waals surface area contributed by atoms with Crippen LogP contribution in [0.4, 0.5) is 5.69 Å². The monoisotopic (exact) mass is 390 g/mol. The number of terminal acetylenes is 1. The number of amides is 1. The molecule has 0 heterocycles. The molecule has 0 bridgehead atoms. The Morgan fingerprint density at radius 2 is 1.73 bits per heavy atom. The van der Waals surface area contributed by atoms with Crippen LogP contribution in [0.5, 0.6) is 0 Å². The van der Waals surface area contributed by atoms with Gasteiger partial charge in [0.1, 0.15) is 6.54 Å². The minimum absolute atomic E-state index is 0.0824. The smallest absolute Gasteiger partial charge is 0.264 e. The van der Waals surface area contributed by atoms with Crippen molar-refractivity contribution in [1.29, 1.82) is 0 Å². The number of rotatable bonds is 6. The molecule has 0 unspecified atom stereocenters. The summed E-state index contributed by atoms with van der Waals surface area (Å²) in [4.78, 5) is 12.5. The van der Waals surface area contributed by atoms with Crippen LogP contribution >= 0.6 is 11.6 Å². The number of halogens is 1. The van der Waals surface area contributed by atoms with Crippen molar-refractivity contribution < 1.29 is 13.2 Å². The fraction of sp³-hybridized carbons (Fsp3) is 0.211. The summed E-state index contributed by atoms with van der Waals surface area (Å²) in [6, 6.07) is 14.1. The van der Waals surface area contributed by atoms with Gasteiger partial charge in [-0.25, -0.2) is 8.42 Å². The predicted octanol–water partition coefficient (Wildman–Crippen LogP) is 3.06. The van der Waals surface area contributed by atoms with Crippen LogP contribution < -0.4 is 9.62 Å². The third-order valence-electron chi connectivity index (χ3n) is 3.55. The molecule has 0 aliphatic rings. The van der Waals surface area contributed by atoms with Crippen LogP contribution in [-0.4, -0.2) is 26.4 Å². The van der Waals surface area contributed by atoms with Gasteiger partial charge in [-0.2, -0.15) is 0 Å². The minimum atomic E-state index is -3.95. The van der Waals surface area contributed by atoms with E-state index in [1.54, 1.807) is 56.3 Å². The molecule has 5 nitrogen and oxygen atoms in total. The quantitative estimate of drug-likeness (QED) is 0.771. The van der Waals surface area contributed by atoms with E-state index in [0.717, 1.165) is 4.31 Å². The van der Waals surface area contributed by atoms with Crippen molar-refractivity contribution >= 4 is 33.2 Å². The second-order valence-corrected chi connectivity index (χ2v) is 8.42. The number of nitrogens with one attached hydrogen (secondary N) is 1. The summed E-state index contributed by atoms with van der Waals surface area (Å²) in [6.45, 7) is 2.90. The van der Waals surface area contributed by atoms with Crippen molar-refractivity contribution in [1.82, 2.24) is 5.32 Å². The maximum atomic E-state index is 13.1. The molecule has 0 aliphatic carbocycles. The summed E-state index contributed by atoms with van der Waals surface area (Å²) >= 11 is 5.89. The zero-order chi connectivity index (χ0) is 19.4. The Morgan fingerprint density at radius 1 is 1.15 bits per heavy atom. The first-order valence-electron chi connectivity index (χ1n) is 7.78. The SMILES string of the molecule is C#CC(C)(C)NC(=O)CN(c1ccc(Cl)cc1)S(=O)(=O)c1ccccc1. The number of nitrogens with zero attached hydrogens (tertiary/aromatic N) is 1. The van der Waals surface area contributed by atoms with Gasteiger partial charge in [-0.05, 0) is 50.2 Å². The molecule has 0 atom stereocenters. The highest BCUT2D eigenvalue weighted by Crippen LogP contribution is 2.25. The first kappa shape index (κ1) is 19.8. The summed E-state index contributed by atoms with van der Waals surface area (Å²) in [5.41, 5.74) is -0.564. The second kappa shape index (κ2) is 7.81. The third-order valence-corrected chi connectivity index (χ3v) is 5.59. The molecular weight excluding hydrogens is 372 g/mol. The van der Waals surface area contributed by atoms with E-state index < -0.39 is 28.0 Å². The van der Waals surface area contributed by atoms with Gasteiger partial charge in [0, 0.05) is 5.02 Å². The number of benzene rings is 2. The average molecular weight is 391 g/mol. The molecule has 0 spiro atoms. The fourth-order valence-corrected chi connectivity index (χ4v) is 3.76. The molecule has 0 saturated carbocycles. The van der Waals surface area contributed by atoms with Gasteiger partial charge in [-0.3, -0.25) is 9.10 Å². The number of sulfonamides is 1. The normalized spacial score (nSPS) is 11.5. The Labute approximate surface area is 159 Å². The largest absolute Gasteiger partial charge is 0.339 e. The highest BCUT2D eigenvalue weighted by atomic mass is 35.5. The van der Waals surface area contributed by atoms with Crippen LogP contribution in [0.15, 0.2) is 59.5 Å². The Bertz CT molecular complexity index is 918. The first-order chi connectivity index (χ1) is 12.2. The molecule has 7 heteroatoms. The van der Waals surface area contributed by atoms with E-state index >= 15 is 0 Å². The van der Waals surface area contributed by atoms with E-state index in [1.807, 2.05) is 0 Å². The van der Waals surface area contributed by atoms with Crippen molar-refractivity contribution in [2.24, 2.45) is 0 Å². The van der Waals surface area contributed by atoms with Crippen molar-refractivity contribution in [3.05, 3.63) is 59.6 Å². The van der Waals surface area contributed by atoms with Crippen molar-refractivity contribution in [2.45, 2.75) is 24.3 Å². The maximum absolute atomic E-state index is 13.1. The summed E-state index contributed by atoms with van der Waals surface area (Å²) in [6.07, 6.45) is 5.38. The molecule has 26 heavy (non-hydrogen) atoms. The van der Waals surface area contributed by atoms with Crippen LogP contribution in [0.2, 0.25) is 5.02 Å². The molecule has 2 aromatic carbocycles. The lowest BCUT2D eigenvalue weighted by atomic mass is 10.1. The molecule has 0 fully saturated rings. The average Bonchev–Trinajstić information content (AvgIpc) is 2.61. The molecule has 136 valence electrons. The molecule has 1 amide bonds. The van der Waals surface area contributed by atoms with Gasteiger partial charge >= 0.3 is 0 Å². The second-order valence-electron chi connectivity index (χ2n) is 6.12. The Morgan fingerprint density at radius 3 is 2.27 bits per heavy atom. The topological polar surface area (TPSA) is 66.5 Å². The summed E-state index contributed by atoms with van der Waals surface area (Å²) < 4.78 is 27.2. The summed E-state index contributed by atoms with van der Waals surface area (Å²) in [5, 5.41) is 3.10. The predicted molar refractivity (Wildman–Crippen MR) is 103 cm³/mol. The standard InChI is InChI=1S/C19H19ClN2O3S/c1-4-19(2,3)21-18(23)14-22(16-12-10-15(20)11-13-16)26(24,25)17-8-6-5-7-9-17/h1,5-13H,14H2,2-3H3,(H,21,23). The molecule has 0 saturated heterocycles. The van der Waals surface area contributed by atoms with Gasteiger partial charge in [0.05, 0.1) is 16.1 Å². The van der Waals surface area contributed by atoms with E-state index in [0.29, 0.717) is 10.7 Å². The Balaban J connectivity index is 2.42. The Hall–Kier alpha value is -2.49. The molecule has 1 N–H and O–H groups in total. The van der Waals surface area contributed by atoms with Crippen LogP contribution in [0, 0.1) is 12.3 Å². The van der Waals surface area contributed by atoms with E-state index in [1.165, 1.54) is 12.1 Å². The lowest BCUT2D eigenvalue weighted by Gasteiger charge is -2.26. The number of anilines is 1. The van der Waals surface area contributed by atoms with Gasteiger partial charge in [0.25, 0.3) is 10.0 Å². The van der Waals surface area contributed by atoms with E-state index in [-0.39, 0.29) is 4.90 Å². The van der Waals surface area contributed by atoms with Gasteiger partial charge in [0.2, 0.25) is 5.91 Å². The number of carbonyl (C=O) groups is 1. The van der Waals surface area contributed by atoms with E-state index in [9.17, 15) is 13.2 Å². The first-order valence-corrected chi connectivity index (χ1v) is 9.60. The Kier molecular flexibility index (Phi) is 5.96. The van der Waals surface area contributed by atoms with Crippen molar-refractivity contribution in [2.75, 3.05) is 10.8 Å². The van der Waals surface area contributed by atoms with E-state index in [4.69, 9.17) is 18.0 Å². The van der Waals surface area contributed by atoms with Gasteiger partial charge in [0.15, 0.2) is 0 Å². The fourth-order valence-electron chi connectivity index (χ4n) is 2.20. The number of carbonyl (C=O) groups excluding carboxylic acids is 1.